The van der Waals surface area contributed by atoms with Crippen LogP contribution in [0.5, 0.6) is 5.75 Å². The van der Waals surface area contributed by atoms with Gasteiger partial charge in [0.2, 0.25) is 11.0 Å². The van der Waals surface area contributed by atoms with Gasteiger partial charge in [-0.1, -0.05) is 39.9 Å². The van der Waals surface area contributed by atoms with Crippen LogP contribution in [0.4, 0.5) is 10.9 Å². The average molecular weight is 509 g/mol. The highest BCUT2D eigenvalue weighted by Crippen LogP contribution is 2.28. The molecule has 1 fully saturated rings. The Kier molecular flexibility index (Phi) is 7.68. The molecule has 4 rings (SSSR count). The fourth-order valence-corrected chi connectivity index (χ4v) is 4.85. The molecule has 174 valence electrons. The molecule has 2 amide bonds. The standard InChI is InChI=1S/C20H21ClN6O4S2/c1-13-10-16(25-31-13)22-17(28)12-32-20-24-23-19(33-20)27-8-6-26(7-9-27)18(29)11-30-15-4-2-14(21)3-5-15/h2-5,10H,6-9,11-12H2,1H3,(H,22,25,28). The first kappa shape index (κ1) is 23.3. The van der Waals surface area contributed by atoms with Crippen molar-refractivity contribution in [1.82, 2.24) is 20.3 Å². The van der Waals surface area contributed by atoms with E-state index in [9.17, 15) is 9.59 Å². The molecule has 0 radical (unpaired) electrons. The number of piperazine rings is 1. The smallest absolute Gasteiger partial charge is 0.260 e. The Morgan fingerprint density at radius 1 is 1.21 bits per heavy atom. The number of carbonyl (C=O) groups excluding carboxylic acids is 2. The monoisotopic (exact) mass is 508 g/mol. The van der Waals surface area contributed by atoms with Crippen molar-refractivity contribution in [2.75, 3.05) is 48.8 Å². The highest BCUT2D eigenvalue weighted by Gasteiger charge is 2.24. The first-order valence-electron chi connectivity index (χ1n) is 10.1. The zero-order valence-corrected chi connectivity index (χ0v) is 20.1. The van der Waals surface area contributed by atoms with Gasteiger partial charge in [0.15, 0.2) is 16.8 Å². The van der Waals surface area contributed by atoms with Gasteiger partial charge in [0, 0.05) is 37.3 Å². The van der Waals surface area contributed by atoms with Crippen LogP contribution >= 0.6 is 34.7 Å². The van der Waals surface area contributed by atoms with Crippen LogP contribution in [0.1, 0.15) is 5.76 Å². The number of thioether (sulfide) groups is 1. The van der Waals surface area contributed by atoms with E-state index < -0.39 is 0 Å². The Bertz CT molecular complexity index is 1100. The summed E-state index contributed by atoms with van der Waals surface area (Å²) in [6.45, 7) is 4.19. The van der Waals surface area contributed by atoms with E-state index in [4.69, 9.17) is 20.9 Å². The number of nitrogens with one attached hydrogen (secondary N) is 1. The van der Waals surface area contributed by atoms with Crippen LogP contribution in [0.2, 0.25) is 5.02 Å². The van der Waals surface area contributed by atoms with Crippen molar-refractivity contribution < 1.29 is 18.8 Å². The lowest BCUT2D eigenvalue weighted by Gasteiger charge is -2.34. The minimum atomic E-state index is -0.196. The molecule has 3 heterocycles. The van der Waals surface area contributed by atoms with Gasteiger partial charge < -0.3 is 24.4 Å². The third-order valence-electron chi connectivity index (χ3n) is 4.70. The molecule has 1 saturated heterocycles. The molecule has 0 saturated carbocycles. The Hall–Kier alpha value is -2.83. The van der Waals surface area contributed by atoms with E-state index in [-0.39, 0.29) is 24.2 Å². The summed E-state index contributed by atoms with van der Waals surface area (Å²) >= 11 is 8.59. The van der Waals surface area contributed by atoms with E-state index >= 15 is 0 Å². The predicted molar refractivity (Wildman–Crippen MR) is 126 cm³/mol. The molecule has 0 atom stereocenters. The molecule has 0 aliphatic carbocycles. The van der Waals surface area contributed by atoms with E-state index in [1.54, 1.807) is 42.2 Å². The second-order valence-electron chi connectivity index (χ2n) is 7.12. The molecule has 1 aliphatic heterocycles. The van der Waals surface area contributed by atoms with Crippen LogP contribution in [-0.2, 0) is 9.59 Å². The fourth-order valence-electron chi connectivity index (χ4n) is 3.03. The number of nitrogens with zero attached hydrogens (tertiary/aromatic N) is 5. The second-order valence-corrected chi connectivity index (χ2v) is 9.74. The van der Waals surface area contributed by atoms with E-state index in [1.807, 2.05) is 0 Å². The lowest BCUT2D eigenvalue weighted by molar-refractivity contribution is -0.133. The lowest BCUT2D eigenvalue weighted by Crippen LogP contribution is -2.50. The Balaban J connectivity index is 1.19. The average Bonchev–Trinajstić information content (AvgIpc) is 3.46. The number of rotatable bonds is 8. The fraction of sp³-hybridized carbons (Fsp3) is 0.350. The summed E-state index contributed by atoms with van der Waals surface area (Å²) in [5.74, 6) is 1.56. The van der Waals surface area contributed by atoms with Gasteiger partial charge in [-0.25, -0.2) is 0 Å². The lowest BCUT2D eigenvalue weighted by atomic mass is 10.3. The number of hydrogen-bond donors (Lipinski definition) is 1. The largest absolute Gasteiger partial charge is 0.484 e. The van der Waals surface area contributed by atoms with Crippen molar-refractivity contribution in [3.8, 4) is 5.75 Å². The number of anilines is 2. The van der Waals surface area contributed by atoms with Crippen LogP contribution in [0.15, 0.2) is 39.2 Å². The van der Waals surface area contributed by atoms with Crippen molar-refractivity contribution in [2.45, 2.75) is 11.3 Å². The van der Waals surface area contributed by atoms with Gasteiger partial charge in [0.1, 0.15) is 11.5 Å². The first-order valence-corrected chi connectivity index (χ1v) is 12.2. The number of halogens is 1. The van der Waals surface area contributed by atoms with Crippen LogP contribution < -0.4 is 15.0 Å². The quantitative estimate of drug-likeness (QED) is 0.458. The molecule has 0 bridgehead atoms. The molecular weight excluding hydrogens is 488 g/mol. The maximum Gasteiger partial charge on any atom is 0.260 e. The number of aryl methyl sites for hydroxylation is 1. The third kappa shape index (κ3) is 6.59. The Morgan fingerprint density at radius 3 is 2.67 bits per heavy atom. The van der Waals surface area contributed by atoms with E-state index in [2.05, 4.69) is 25.6 Å². The van der Waals surface area contributed by atoms with E-state index in [0.717, 1.165) is 5.13 Å². The van der Waals surface area contributed by atoms with Crippen molar-refractivity contribution >= 4 is 57.5 Å². The summed E-state index contributed by atoms with van der Waals surface area (Å²) < 4.78 is 11.2. The van der Waals surface area contributed by atoms with Crippen LogP contribution in [0, 0.1) is 6.92 Å². The van der Waals surface area contributed by atoms with E-state index in [0.29, 0.717) is 52.9 Å². The van der Waals surface area contributed by atoms with Crippen molar-refractivity contribution in [1.29, 1.82) is 0 Å². The zero-order valence-electron chi connectivity index (χ0n) is 17.7. The minimum absolute atomic E-state index is 0.0167. The van der Waals surface area contributed by atoms with Crippen molar-refractivity contribution in [3.05, 3.63) is 41.1 Å². The molecule has 33 heavy (non-hydrogen) atoms. The first-order chi connectivity index (χ1) is 16.0. The highest BCUT2D eigenvalue weighted by atomic mass is 35.5. The Labute approximate surface area is 203 Å². The normalized spacial score (nSPS) is 13.8. The van der Waals surface area contributed by atoms with E-state index in [1.165, 1.54) is 23.1 Å². The summed E-state index contributed by atoms with van der Waals surface area (Å²) in [4.78, 5) is 28.4. The molecule has 3 aromatic rings. The SMILES string of the molecule is Cc1cc(NC(=O)CSc2nnc(N3CCN(C(=O)COc4ccc(Cl)cc4)CC3)s2)no1. The number of carbonyl (C=O) groups is 2. The van der Waals surface area contributed by atoms with Gasteiger partial charge in [-0.2, -0.15) is 0 Å². The van der Waals surface area contributed by atoms with Crippen LogP contribution in [-0.4, -0.2) is 70.6 Å². The van der Waals surface area contributed by atoms with Gasteiger partial charge >= 0.3 is 0 Å². The molecule has 13 heteroatoms. The van der Waals surface area contributed by atoms with Gasteiger partial charge in [-0.15, -0.1) is 10.2 Å². The van der Waals surface area contributed by atoms with Gasteiger partial charge in [0.05, 0.1) is 5.75 Å². The predicted octanol–water partition coefficient (Wildman–Crippen LogP) is 2.95. The number of aromatic nitrogens is 3. The molecule has 1 aromatic carbocycles. The minimum Gasteiger partial charge on any atom is -0.484 e. The number of amides is 2. The maximum atomic E-state index is 12.4. The molecule has 1 N–H and O–H groups in total. The van der Waals surface area contributed by atoms with Gasteiger partial charge in [-0.05, 0) is 31.2 Å². The zero-order chi connectivity index (χ0) is 23.2. The number of ether oxygens (including phenoxy) is 1. The third-order valence-corrected chi connectivity index (χ3v) is 7.07. The molecule has 0 spiro atoms. The number of benzene rings is 1. The Morgan fingerprint density at radius 2 is 1.97 bits per heavy atom. The number of hydrogen-bond acceptors (Lipinski definition) is 10. The van der Waals surface area contributed by atoms with Crippen LogP contribution in [0.25, 0.3) is 0 Å². The summed E-state index contributed by atoms with van der Waals surface area (Å²) in [5, 5.41) is 16.2. The summed E-state index contributed by atoms with van der Waals surface area (Å²) in [7, 11) is 0. The van der Waals surface area contributed by atoms with Crippen molar-refractivity contribution in [2.24, 2.45) is 0 Å². The molecule has 0 unspecified atom stereocenters. The topological polar surface area (TPSA) is 114 Å². The molecule has 10 nitrogen and oxygen atoms in total. The van der Waals surface area contributed by atoms with Crippen LogP contribution in [0.3, 0.4) is 0 Å². The summed E-state index contributed by atoms with van der Waals surface area (Å²) in [6.07, 6.45) is 0. The molecular formula is C20H21ClN6O4S2. The summed E-state index contributed by atoms with van der Waals surface area (Å²) in [5.41, 5.74) is 0. The highest BCUT2D eigenvalue weighted by molar-refractivity contribution is 8.01. The maximum absolute atomic E-state index is 12.4. The second kappa shape index (κ2) is 10.9. The van der Waals surface area contributed by atoms with Gasteiger partial charge in [-0.3, -0.25) is 9.59 Å². The van der Waals surface area contributed by atoms with Crippen molar-refractivity contribution in [3.63, 3.8) is 0 Å². The molecule has 1 aliphatic rings. The summed E-state index contributed by atoms with van der Waals surface area (Å²) in [6, 6.07) is 8.56. The molecule has 2 aromatic heterocycles. The van der Waals surface area contributed by atoms with Gasteiger partial charge in [0.25, 0.3) is 5.91 Å².